The van der Waals surface area contributed by atoms with Crippen molar-refractivity contribution in [3.63, 3.8) is 0 Å². The monoisotopic (exact) mass is 522 g/mol. The van der Waals surface area contributed by atoms with Gasteiger partial charge in [0.15, 0.2) is 5.69 Å². The van der Waals surface area contributed by atoms with Crippen molar-refractivity contribution in [2.75, 3.05) is 19.6 Å². The third-order valence-electron chi connectivity index (χ3n) is 6.72. The van der Waals surface area contributed by atoms with Gasteiger partial charge >= 0.3 is 24.6 Å². The minimum Gasteiger partial charge on any atom is -0.426 e. The lowest BCUT2D eigenvalue weighted by molar-refractivity contribution is -0.308. The van der Waals surface area contributed by atoms with Gasteiger partial charge in [-0.3, -0.25) is 4.79 Å². The molecule has 1 spiro atoms. The van der Waals surface area contributed by atoms with Crippen LogP contribution in [0.4, 0.5) is 44.3 Å². The zero-order valence-electron chi connectivity index (χ0n) is 17.8. The molecule has 7 nitrogen and oxygen atoms in total. The van der Waals surface area contributed by atoms with E-state index in [1.54, 1.807) is 0 Å². The van der Waals surface area contributed by atoms with Crippen LogP contribution in [-0.4, -0.2) is 69.4 Å². The van der Waals surface area contributed by atoms with E-state index in [1.807, 2.05) is 0 Å². The number of halogens is 9. The van der Waals surface area contributed by atoms with Crippen molar-refractivity contribution in [2.45, 2.75) is 57.0 Å². The summed E-state index contributed by atoms with van der Waals surface area (Å²) < 4.78 is 119. The molecule has 3 aliphatic rings. The standard InChI is InChI=1S/C19H19F9N4O3/c20-17(21,22)11-8-31-5-6-32(9-12(31)29-11)13(33)10-7-16(10)1-3-30(4-2-16)15(34)35-14(18(23,24)25)19(26,27)28/h8,10,14H,1-7,9H2/t10-/m1/s1. The van der Waals surface area contributed by atoms with Gasteiger partial charge in [0.05, 0.1) is 6.54 Å². The summed E-state index contributed by atoms with van der Waals surface area (Å²) in [5, 5.41) is 0. The van der Waals surface area contributed by atoms with Crippen molar-refractivity contribution in [3.05, 3.63) is 17.7 Å². The van der Waals surface area contributed by atoms with Crippen LogP contribution in [-0.2, 0) is 28.8 Å². The van der Waals surface area contributed by atoms with E-state index in [9.17, 15) is 49.1 Å². The number of carbonyl (C=O) groups excluding carboxylic acids is 2. The van der Waals surface area contributed by atoms with Crippen LogP contribution in [0.3, 0.4) is 0 Å². The highest BCUT2D eigenvalue weighted by Crippen LogP contribution is 2.60. The Morgan fingerprint density at radius 2 is 1.54 bits per heavy atom. The number of aromatic nitrogens is 2. The Morgan fingerprint density at radius 1 is 0.943 bits per heavy atom. The number of fused-ring (bicyclic) bond motifs is 1. The number of carbonyl (C=O) groups is 2. The largest absolute Gasteiger partial charge is 0.434 e. The lowest BCUT2D eigenvalue weighted by Gasteiger charge is -2.34. The second kappa shape index (κ2) is 8.18. The Hall–Kier alpha value is -2.68. The highest BCUT2D eigenvalue weighted by molar-refractivity contribution is 5.83. The number of amides is 2. The number of hydrogen-bond donors (Lipinski definition) is 0. The van der Waals surface area contributed by atoms with E-state index in [0.717, 1.165) is 11.1 Å². The van der Waals surface area contributed by atoms with Crippen molar-refractivity contribution >= 4 is 12.0 Å². The maximum atomic E-state index is 12.9. The molecule has 0 bridgehead atoms. The van der Waals surface area contributed by atoms with E-state index in [2.05, 4.69) is 9.72 Å². The molecule has 0 aromatic carbocycles. The molecule has 16 heteroatoms. The summed E-state index contributed by atoms with van der Waals surface area (Å²) in [5.41, 5.74) is -1.62. The molecular weight excluding hydrogens is 503 g/mol. The number of piperidine rings is 1. The lowest BCUT2D eigenvalue weighted by Crippen LogP contribution is -2.49. The Kier molecular flexibility index (Phi) is 5.94. The van der Waals surface area contributed by atoms with Gasteiger partial charge in [0.2, 0.25) is 5.91 Å². The molecule has 2 fully saturated rings. The first-order valence-corrected chi connectivity index (χ1v) is 10.5. The molecule has 1 saturated carbocycles. The minimum atomic E-state index is -5.82. The zero-order chi connectivity index (χ0) is 26.0. The molecule has 1 aromatic rings. The van der Waals surface area contributed by atoms with E-state index < -0.39 is 47.8 Å². The second-order valence-corrected chi connectivity index (χ2v) is 8.95. The first kappa shape index (κ1) is 25.4. The van der Waals surface area contributed by atoms with E-state index in [0.29, 0.717) is 6.42 Å². The molecule has 0 N–H and O–H groups in total. The van der Waals surface area contributed by atoms with Crippen molar-refractivity contribution in [1.82, 2.24) is 19.4 Å². The molecule has 1 aromatic heterocycles. The van der Waals surface area contributed by atoms with E-state index >= 15 is 0 Å². The number of hydrogen-bond acceptors (Lipinski definition) is 4. The average Bonchev–Trinajstić information content (AvgIpc) is 3.23. The average molecular weight is 522 g/mol. The zero-order valence-corrected chi connectivity index (χ0v) is 17.8. The van der Waals surface area contributed by atoms with Gasteiger partial charge in [-0.1, -0.05) is 0 Å². The summed E-state index contributed by atoms with van der Waals surface area (Å²) in [4.78, 5) is 30.5. The van der Waals surface area contributed by atoms with Crippen LogP contribution in [0.15, 0.2) is 6.20 Å². The fourth-order valence-corrected chi connectivity index (χ4v) is 4.68. The summed E-state index contributed by atoms with van der Waals surface area (Å²) in [6, 6.07) is 0. The van der Waals surface area contributed by atoms with Crippen molar-refractivity contribution in [3.8, 4) is 0 Å². The van der Waals surface area contributed by atoms with Crippen LogP contribution < -0.4 is 0 Å². The Morgan fingerprint density at radius 3 is 2.09 bits per heavy atom. The summed E-state index contributed by atoms with van der Waals surface area (Å²) in [7, 11) is 0. The maximum Gasteiger partial charge on any atom is 0.434 e. The number of nitrogens with zero attached hydrogens (tertiary/aromatic N) is 4. The first-order chi connectivity index (χ1) is 16.0. The molecule has 1 aliphatic carbocycles. The maximum absolute atomic E-state index is 12.9. The van der Waals surface area contributed by atoms with E-state index in [-0.39, 0.29) is 57.3 Å². The summed E-state index contributed by atoms with van der Waals surface area (Å²) in [5.74, 6) is -0.714. The number of rotatable bonds is 2. The number of imidazole rings is 1. The Balaban J connectivity index is 1.32. The Labute approximate surface area is 191 Å². The molecular formula is C19H19F9N4O3. The van der Waals surface area contributed by atoms with Gasteiger partial charge in [-0.15, -0.1) is 0 Å². The van der Waals surface area contributed by atoms with Crippen molar-refractivity contribution in [1.29, 1.82) is 0 Å². The van der Waals surface area contributed by atoms with Crippen LogP contribution >= 0.6 is 0 Å². The van der Waals surface area contributed by atoms with Crippen LogP contribution in [0.1, 0.15) is 30.8 Å². The minimum absolute atomic E-state index is 0.0908. The second-order valence-electron chi connectivity index (χ2n) is 8.95. The SMILES string of the molecule is O=C(OC(C(F)(F)F)C(F)(F)F)N1CCC2(CC1)C[C@@H]2C(=O)N1CCn2cc(C(F)(F)F)nc2C1. The summed E-state index contributed by atoms with van der Waals surface area (Å²) in [6.45, 7) is -0.200. The van der Waals surface area contributed by atoms with Crippen LogP contribution in [0, 0.1) is 11.3 Å². The fourth-order valence-electron chi connectivity index (χ4n) is 4.68. The van der Waals surface area contributed by atoms with Gasteiger partial charge < -0.3 is 19.1 Å². The fraction of sp³-hybridized carbons (Fsp3) is 0.737. The molecule has 1 saturated heterocycles. The molecule has 4 rings (SSSR count). The first-order valence-electron chi connectivity index (χ1n) is 10.5. The van der Waals surface area contributed by atoms with Gasteiger partial charge in [-0.05, 0) is 24.7 Å². The number of alkyl halides is 9. The molecule has 196 valence electrons. The van der Waals surface area contributed by atoms with Gasteiger partial charge in [0, 0.05) is 38.3 Å². The predicted octanol–water partition coefficient (Wildman–Crippen LogP) is 3.98. The van der Waals surface area contributed by atoms with Crippen molar-refractivity contribution < 1.29 is 53.8 Å². The molecule has 0 radical (unpaired) electrons. The smallest absolute Gasteiger partial charge is 0.426 e. The summed E-state index contributed by atoms with van der Waals surface area (Å²) >= 11 is 0. The third-order valence-corrected chi connectivity index (χ3v) is 6.72. The molecule has 2 amide bonds. The van der Waals surface area contributed by atoms with Gasteiger partial charge in [0.25, 0.3) is 6.10 Å². The van der Waals surface area contributed by atoms with Crippen LogP contribution in [0.5, 0.6) is 0 Å². The quantitative estimate of drug-likeness (QED) is 0.552. The third kappa shape index (κ3) is 5.01. The molecule has 1 atom stereocenters. The van der Waals surface area contributed by atoms with Crippen LogP contribution in [0.2, 0.25) is 0 Å². The lowest BCUT2D eigenvalue weighted by atomic mass is 9.90. The van der Waals surface area contributed by atoms with E-state index in [1.165, 1.54) is 9.47 Å². The van der Waals surface area contributed by atoms with Gasteiger partial charge in [0.1, 0.15) is 5.82 Å². The molecule has 0 unspecified atom stereocenters. The highest BCUT2D eigenvalue weighted by atomic mass is 19.4. The van der Waals surface area contributed by atoms with E-state index in [4.69, 9.17) is 0 Å². The normalized spacial score (nSPS) is 22.4. The van der Waals surface area contributed by atoms with Gasteiger partial charge in [-0.25, -0.2) is 9.78 Å². The van der Waals surface area contributed by atoms with Crippen LogP contribution in [0.25, 0.3) is 0 Å². The summed E-state index contributed by atoms with van der Waals surface area (Å²) in [6.07, 6.45) is -20.6. The molecule has 3 heterocycles. The molecule has 35 heavy (non-hydrogen) atoms. The molecule has 2 aliphatic heterocycles. The van der Waals surface area contributed by atoms with Gasteiger partial charge in [-0.2, -0.15) is 39.5 Å². The highest BCUT2D eigenvalue weighted by Gasteiger charge is 2.62. The van der Waals surface area contributed by atoms with Crippen molar-refractivity contribution in [2.24, 2.45) is 11.3 Å². The number of ether oxygens (including phenoxy) is 1. The predicted molar refractivity (Wildman–Crippen MR) is 96.4 cm³/mol. The Bertz CT molecular complexity index is 979. The topological polar surface area (TPSA) is 67.7 Å². The number of likely N-dealkylation sites (tertiary alicyclic amines) is 1.